The molecule has 1 N–H and O–H groups in total. The van der Waals surface area contributed by atoms with Gasteiger partial charge in [-0.2, -0.15) is 0 Å². The van der Waals surface area contributed by atoms with Gasteiger partial charge >= 0.3 is 0 Å². The van der Waals surface area contributed by atoms with Crippen molar-refractivity contribution in [1.29, 1.82) is 0 Å². The summed E-state index contributed by atoms with van der Waals surface area (Å²) in [4.78, 5) is 0. The summed E-state index contributed by atoms with van der Waals surface area (Å²) in [5.41, 5.74) is 2.92. The fourth-order valence-electron chi connectivity index (χ4n) is 3.17. The van der Waals surface area contributed by atoms with E-state index >= 15 is 0 Å². The Kier molecular flexibility index (Phi) is 2.97. The highest BCUT2D eigenvalue weighted by Gasteiger charge is 2.34. The molecule has 0 amide bonds. The molecule has 1 nitrogen and oxygen atoms in total. The second-order valence-electron chi connectivity index (χ2n) is 5.33. The first-order chi connectivity index (χ1) is 8.24. The first-order valence-electron chi connectivity index (χ1n) is 6.39. The predicted molar refractivity (Wildman–Crippen MR) is 72.2 cm³/mol. The molecule has 0 spiro atoms. The van der Waals surface area contributed by atoms with Crippen molar-refractivity contribution in [2.45, 2.75) is 25.8 Å². The number of rotatable bonds is 1. The summed E-state index contributed by atoms with van der Waals surface area (Å²) in [6.07, 6.45) is 5.02. The molecule has 2 heteroatoms. The van der Waals surface area contributed by atoms with Crippen molar-refractivity contribution in [2.24, 2.45) is 11.8 Å². The number of nitrogens with one attached hydrogen (secondary N) is 1. The number of benzene rings is 1. The highest BCUT2D eigenvalue weighted by molar-refractivity contribution is 6.30. The summed E-state index contributed by atoms with van der Waals surface area (Å²) in [6.45, 7) is 3.42. The minimum atomic E-state index is 0.472. The zero-order valence-electron chi connectivity index (χ0n) is 10.1. The lowest BCUT2D eigenvalue weighted by atomic mass is 9.73. The van der Waals surface area contributed by atoms with Crippen LogP contribution in [-0.4, -0.2) is 6.54 Å². The maximum atomic E-state index is 5.95. The van der Waals surface area contributed by atoms with Crippen molar-refractivity contribution < 1.29 is 0 Å². The van der Waals surface area contributed by atoms with Crippen molar-refractivity contribution in [2.75, 3.05) is 6.54 Å². The third-order valence-electron chi connectivity index (χ3n) is 4.20. The van der Waals surface area contributed by atoms with Crippen LogP contribution < -0.4 is 5.32 Å². The van der Waals surface area contributed by atoms with Crippen LogP contribution in [0.15, 0.2) is 35.9 Å². The number of fused-ring (bicyclic) bond motifs is 2. The number of halogens is 1. The van der Waals surface area contributed by atoms with Gasteiger partial charge in [0.2, 0.25) is 0 Å². The van der Waals surface area contributed by atoms with Crippen LogP contribution in [-0.2, 0) is 0 Å². The van der Waals surface area contributed by atoms with Gasteiger partial charge in [-0.3, -0.25) is 0 Å². The molecule has 1 saturated heterocycles. The van der Waals surface area contributed by atoms with Crippen molar-refractivity contribution in [3.63, 3.8) is 0 Å². The van der Waals surface area contributed by atoms with E-state index in [0.717, 1.165) is 17.5 Å². The van der Waals surface area contributed by atoms with Gasteiger partial charge in [0, 0.05) is 11.1 Å². The van der Waals surface area contributed by atoms with Gasteiger partial charge in [-0.1, -0.05) is 35.4 Å². The highest BCUT2D eigenvalue weighted by Crippen LogP contribution is 2.41. The third kappa shape index (κ3) is 2.14. The Morgan fingerprint density at radius 1 is 1.24 bits per heavy atom. The topological polar surface area (TPSA) is 12.0 Å². The Morgan fingerprint density at radius 3 is 2.76 bits per heavy atom. The first-order valence-corrected chi connectivity index (χ1v) is 6.77. The van der Waals surface area contributed by atoms with E-state index in [4.69, 9.17) is 11.6 Å². The maximum Gasteiger partial charge on any atom is 0.0406 e. The minimum absolute atomic E-state index is 0.472. The van der Waals surface area contributed by atoms with E-state index in [1.165, 1.54) is 18.4 Å². The standard InChI is InChI=1S/C15H18ClN/c1-10-2-3-11-8-14(10)15(17-9-11)12-4-6-13(16)7-5-12/h2,4-7,11,14-15,17H,3,8-9H2,1H3/t11-,14-,15-/m0/s1. The fourth-order valence-corrected chi connectivity index (χ4v) is 3.29. The van der Waals surface area contributed by atoms with Crippen LogP contribution >= 0.6 is 11.6 Å². The summed E-state index contributed by atoms with van der Waals surface area (Å²) < 4.78 is 0. The van der Waals surface area contributed by atoms with Crippen molar-refractivity contribution in [1.82, 2.24) is 5.32 Å². The van der Waals surface area contributed by atoms with E-state index in [-0.39, 0.29) is 0 Å². The molecule has 1 aliphatic heterocycles. The van der Waals surface area contributed by atoms with E-state index in [1.807, 2.05) is 12.1 Å². The van der Waals surface area contributed by atoms with Crippen molar-refractivity contribution >= 4 is 11.6 Å². The average Bonchev–Trinajstić information content (AvgIpc) is 2.36. The molecule has 0 radical (unpaired) electrons. The van der Waals surface area contributed by atoms with Crippen molar-refractivity contribution in [3.05, 3.63) is 46.5 Å². The molecule has 1 heterocycles. The molecule has 1 aliphatic carbocycles. The summed E-state index contributed by atoms with van der Waals surface area (Å²) in [5.74, 6) is 1.51. The maximum absolute atomic E-state index is 5.95. The van der Waals surface area contributed by atoms with Gasteiger partial charge in [-0.15, -0.1) is 0 Å². The van der Waals surface area contributed by atoms with Gasteiger partial charge in [0.1, 0.15) is 0 Å². The molecule has 1 aromatic carbocycles. The number of hydrogen-bond acceptors (Lipinski definition) is 1. The monoisotopic (exact) mass is 247 g/mol. The number of hydrogen-bond donors (Lipinski definition) is 1. The lowest BCUT2D eigenvalue weighted by Crippen LogP contribution is -2.41. The second kappa shape index (κ2) is 4.47. The first kappa shape index (κ1) is 11.3. The molecule has 90 valence electrons. The third-order valence-corrected chi connectivity index (χ3v) is 4.46. The zero-order valence-corrected chi connectivity index (χ0v) is 10.9. The molecule has 3 atom stereocenters. The Morgan fingerprint density at radius 2 is 2.00 bits per heavy atom. The lowest BCUT2D eigenvalue weighted by molar-refractivity contribution is 0.233. The van der Waals surface area contributed by atoms with E-state index in [2.05, 4.69) is 30.4 Å². The number of allylic oxidation sites excluding steroid dienone is 1. The van der Waals surface area contributed by atoms with E-state index in [9.17, 15) is 0 Å². The van der Waals surface area contributed by atoms with Gasteiger partial charge in [0.05, 0.1) is 0 Å². The molecule has 0 saturated carbocycles. The summed E-state index contributed by atoms with van der Waals surface area (Å²) in [6, 6.07) is 8.77. The van der Waals surface area contributed by atoms with Crippen LogP contribution in [0.2, 0.25) is 5.02 Å². The average molecular weight is 248 g/mol. The smallest absolute Gasteiger partial charge is 0.0406 e. The quantitative estimate of drug-likeness (QED) is 0.741. The van der Waals surface area contributed by atoms with Crippen LogP contribution in [0.5, 0.6) is 0 Å². The predicted octanol–water partition coefficient (Wildman–Crippen LogP) is 3.96. The lowest BCUT2D eigenvalue weighted by Gasteiger charge is -2.41. The van der Waals surface area contributed by atoms with Gasteiger partial charge < -0.3 is 5.32 Å². The Balaban J connectivity index is 1.90. The van der Waals surface area contributed by atoms with E-state index < -0.39 is 0 Å². The molecule has 1 aromatic rings. The van der Waals surface area contributed by atoms with Crippen molar-refractivity contribution in [3.8, 4) is 0 Å². The van der Waals surface area contributed by atoms with Gasteiger partial charge in [0.25, 0.3) is 0 Å². The summed E-state index contributed by atoms with van der Waals surface area (Å²) >= 11 is 5.95. The van der Waals surface area contributed by atoms with Crippen LogP contribution in [0.1, 0.15) is 31.4 Å². The molecule has 2 bridgehead atoms. The Bertz CT molecular complexity index is 435. The van der Waals surface area contributed by atoms with E-state index in [0.29, 0.717) is 12.0 Å². The normalized spacial score (nSPS) is 32.1. The van der Waals surface area contributed by atoms with Gasteiger partial charge in [-0.05, 0) is 55.8 Å². The largest absolute Gasteiger partial charge is 0.309 e. The summed E-state index contributed by atoms with van der Waals surface area (Å²) in [7, 11) is 0. The van der Waals surface area contributed by atoms with Gasteiger partial charge in [0.15, 0.2) is 0 Å². The fraction of sp³-hybridized carbons (Fsp3) is 0.467. The molecule has 0 aromatic heterocycles. The SMILES string of the molecule is CC1=CC[C@@H]2CN[C@@H](c3ccc(Cl)cc3)[C@H]1C2. The molecule has 0 unspecified atom stereocenters. The highest BCUT2D eigenvalue weighted by atomic mass is 35.5. The van der Waals surface area contributed by atoms with Gasteiger partial charge in [-0.25, -0.2) is 0 Å². The second-order valence-corrected chi connectivity index (χ2v) is 5.77. The molecule has 1 fully saturated rings. The van der Waals surface area contributed by atoms with Crippen LogP contribution in [0.4, 0.5) is 0 Å². The Hall–Kier alpha value is -0.790. The molecule has 17 heavy (non-hydrogen) atoms. The van der Waals surface area contributed by atoms with E-state index in [1.54, 1.807) is 5.57 Å². The number of piperidine rings is 1. The van der Waals surface area contributed by atoms with Crippen LogP contribution in [0.3, 0.4) is 0 Å². The van der Waals surface area contributed by atoms with Crippen LogP contribution in [0.25, 0.3) is 0 Å². The zero-order chi connectivity index (χ0) is 11.8. The molecular formula is C15H18ClN. The minimum Gasteiger partial charge on any atom is -0.309 e. The molecule has 3 rings (SSSR count). The summed E-state index contributed by atoms with van der Waals surface area (Å²) in [5, 5.41) is 4.52. The molecular weight excluding hydrogens is 230 g/mol. The molecule has 2 aliphatic rings. The van der Waals surface area contributed by atoms with Crippen LogP contribution in [0, 0.1) is 11.8 Å². The Labute approximate surface area is 108 Å².